The molecule has 0 amide bonds. The molecule has 0 saturated heterocycles. The van der Waals surface area contributed by atoms with Crippen LogP contribution >= 0.6 is 0 Å². The second-order valence-corrected chi connectivity index (χ2v) is 3.00. The number of hydrogen-bond donors (Lipinski definition) is 2. The minimum atomic E-state index is 0.337. The van der Waals surface area contributed by atoms with Crippen LogP contribution in [0.2, 0.25) is 0 Å². The number of H-pyrrole nitrogens is 1. The second kappa shape index (κ2) is 3.90. The number of nitriles is 1. The number of nitrogens with zero attached hydrogens (tertiary/aromatic N) is 3. The zero-order valence-electron chi connectivity index (χ0n) is 7.94. The van der Waals surface area contributed by atoms with Gasteiger partial charge in [-0.15, -0.1) is 0 Å². The molecule has 0 saturated carbocycles. The third-order valence-electron chi connectivity index (χ3n) is 2.00. The molecule has 3 N–H and O–H groups in total. The largest absolute Gasteiger partial charge is 0.324 e. The van der Waals surface area contributed by atoms with Crippen molar-refractivity contribution in [2.75, 3.05) is 0 Å². The van der Waals surface area contributed by atoms with Gasteiger partial charge in [0.2, 0.25) is 0 Å². The van der Waals surface area contributed by atoms with Crippen molar-refractivity contribution in [3.8, 4) is 17.5 Å². The molecule has 0 radical (unpaired) electrons. The van der Waals surface area contributed by atoms with Gasteiger partial charge < -0.3 is 5.73 Å². The lowest BCUT2D eigenvalue weighted by molar-refractivity contribution is 0.917. The van der Waals surface area contributed by atoms with E-state index in [-0.39, 0.29) is 0 Å². The van der Waals surface area contributed by atoms with Gasteiger partial charge in [-0.3, -0.25) is 5.10 Å². The fraction of sp³-hybridized carbons (Fsp3) is 0.100. The Morgan fingerprint density at radius 1 is 1.33 bits per heavy atom. The smallest absolute Gasteiger partial charge is 0.181 e. The molecule has 0 bridgehead atoms. The van der Waals surface area contributed by atoms with Gasteiger partial charge >= 0.3 is 0 Å². The van der Waals surface area contributed by atoms with Crippen molar-refractivity contribution in [3.63, 3.8) is 0 Å². The summed E-state index contributed by atoms with van der Waals surface area (Å²) in [5, 5.41) is 15.4. The van der Waals surface area contributed by atoms with Crippen LogP contribution in [0.5, 0.6) is 0 Å². The Morgan fingerprint density at radius 2 is 2.07 bits per heavy atom. The van der Waals surface area contributed by atoms with Gasteiger partial charge in [-0.1, -0.05) is 0 Å². The van der Waals surface area contributed by atoms with E-state index in [0.29, 0.717) is 23.8 Å². The van der Waals surface area contributed by atoms with Crippen molar-refractivity contribution < 1.29 is 0 Å². The van der Waals surface area contributed by atoms with Crippen LogP contribution in [0.3, 0.4) is 0 Å². The highest BCUT2D eigenvalue weighted by Crippen LogP contribution is 2.14. The van der Waals surface area contributed by atoms with Crippen molar-refractivity contribution in [1.29, 1.82) is 5.26 Å². The monoisotopic (exact) mass is 199 g/mol. The molecule has 1 aromatic heterocycles. The van der Waals surface area contributed by atoms with Gasteiger partial charge in [0.15, 0.2) is 5.82 Å². The van der Waals surface area contributed by atoms with Crippen molar-refractivity contribution >= 4 is 0 Å². The molecule has 0 unspecified atom stereocenters. The van der Waals surface area contributed by atoms with Gasteiger partial charge in [-0.05, 0) is 24.3 Å². The van der Waals surface area contributed by atoms with E-state index in [4.69, 9.17) is 11.0 Å². The van der Waals surface area contributed by atoms with Gasteiger partial charge in [0, 0.05) is 5.56 Å². The van der Waals surface area contributed by atoms with Crippen LogP contribution in [0, 0.1) is 11.3 Å². The Morgan fingerprint density at radius 3 is 2.60 bits per heavy atom. The molecule has 5 nitrogen and oxygen atoms in total. The predicted octanol–water partition coefficient (Wildman–Crippen LogP) is 0.802. The number of benzene rings is 1. The van der Waals surface area contributed by atoms with Gasteiger partial charge in [0.25, 0.3) is 0 Å². The Balaban J connectivity index is 2.33. The quantitative estimate of drug-likeness (QED) is 0.748. The summed E-state index contributed by atoms with van der Waals surface area (Å²) in [6.07, 6.45) is 0. The molecule has 0 atom stereocenters. The zero-order valence-corrected chi connectivity index (χ0v) is 7.94. The lowest BCUT2D eigenvalue weighted by atomic mass is 10.1. The number of rotatable bonds is 2. The summed E-state index contributed by atoms with van der Waals surface area (Å²) < 4.78 is 0. The topological polar surface area (TPSA) is 91.4 Å². The van der Waals surface area contributed by atoms with Crippen LogP contribution < -0.4 is 5.73 Å². The zero-order chi connectivity index (χ0) is 10.7. The van der Waals surface area contributed by atoms with E-state index in [1.807, 2.05) is 12.1 Å². The summed E-state index contributed by atoms with van der Waals surface area (Å²) in [6, 6.07) is 9.13. The molecule has 0 aliphatic carbocycles. The maximum atomic E-state index is 8.64. The van der Waals surface area contributed by atoms with Crippen molar-refractivity contribution in [1.82, 2.24) is 15.2 Å². The van der Waals surface area contributed by atoms with E-state index in [1.54, 1.807) is 12.1 Å². The molecule has 0 aliphatic heterocycles. The van der Waals surface area contributed by atoms with Crippen molar-refractivity contribution in [2.24, 2.45) is 5.73 Å². The van der Waals surface area contributed by atoms with E-state index < -0.39 is 0 Å². The molecule has 15 heavy (non-hydrogen) atoms. The molecule has 0 spiro atoms. The lowest BCUT2D eigenvalue weighted by Crippen LogP contribution is -1.97. The van der Waals surface area contributed by atoms with Crippen molar-refractivity contribution in [2.45, 2.75) is 6.54 Å². The number of aromatic amines is 1. The number of nitrogens with one attached hydrogen (secondary N) is 1. The van der Waals surface area contributed by atoms with E-state index in [1.165, 1.54) is 0 Å². The normalized spacial score (nSPS) is 9.87. The summed E-state index contributed by atoms with van der Waals surface area (Å²) in [7, 11) is 0. The van der Waals surface area contributed by atoms with Crippen LogP contribution in [0.15, 0.2) is 24.3 Å². The highest BCUT2D eigenvalue weighted by Gasteiger charge is 2.04. The summed E-state index contributed by atoms with van der Waals surface area (Å²) in [5.41, 5.74) is 6.89. The average molecular weight is 199 g/mol. The molecule has 0 fully saturated rings. The van der Waals surface area contributed by atoms with Gasteiger partial charge in [-0.2, -0.15) is 10.4 Å². The Hall–Kier alpha value is -2.19. The first-order valence-corrected chi connectivity index (χ1v) is 4.45. The van der Waals surface area contributed by atoms with Crippen LogP contribution in [0.1, 0.15) is 11.4 Å². The molecule has 1 aromatic carbocycles. The highest BCUT2D eigenvalue weighted by molar-refractivity contribution is 5.55. The molecule has 1 heterocycles. The first-order valence-electron chi connectivity index (χ1n) is 4.45. The van der Waals surface area contributed by atoms with E-state index >= 15 is 0 Å². The van der Waals surface area contributed by atoms with Gasteiger partial charge in [0.05, 0.1) is 18.2 Å². The molecule has 0 aliphatic rings. The van der Waals surface area contributed by atoms with E-state index in [2.05, 4.69) is 21.3 Å². The van der Waals surface area contributed by atoms with Crippen LogP contribution in [0.4, 0.5) is 0 Å². The average Bonchev–Trinajstić information content (AvgIpc) is 2.78. The molecular formula is C10H9N5. The fourth-order valence-electron chi connectivity index (χ4n) is 1.21. The first-order chi connectivity index (χ1) is 7.33. The van der Waals surface area contributed by atoms with E-state index in [9.17, 15) is 0 Å². The first kappa shape index (κ1) is 9.37. The fourth-order valence-corrected chi connectivity index (χ4v) is 1.21. The molecule has 2 aromatic rings. The summed E-state index contributed by atoms with van der Waals surface area (Å²) in [6.45, 7) is 0.337. The number of aromatic nitrogens is 3. The summed E-state index contributed by atoms with van der Waals surface area (Å²) >= 11 is 0. The summed E-state index contributed by atoms with van der Waals surface area (Å²) in [4.78, 5) is 4.18. The minimum absolute atomic E-state index is 0.337. The van der Waals surface area contributed by atoms with Gasteiger partial charge in [0.1, 0.15) is 5.82 Å². The SMILES string of the molecule is N#Cc1ccc(-c2n[nH]c(CN)n2)cc1. The minimum Gasteiger partial charge on any atom is -0.324 e. The Labute approximate surface area is 86.6 Å². The third kappa shape index (κ3) is 1.85. The molecule has 2 rings (SSSR count). The number of nitrogens with two attached hydrogens (primary N) is 1. The Kier molecular flexibility index (Phi) is 2.44. The standard InChI is InChI=1S/C10H9N5/c11-5-7-1-3-8(4-2-7)10-13-9(6-12)14-15-10/h1-4H,6,12H2,(H,13,14,15). The van der Waals surface area contributed by atoms with Crippen LogP contribution in [0.25, 0.3) is 11.4 Å². The van der Waals surface area contributed by atoms with Crippen LogP contribution in [-0.4, -0.2) is 15.2 Å². The third-order valence-corrected chi connectivity index (χ3v) is 2.00. The van der Waals surface area contributed by atoms with Gasteiger partial charge in [-0.25, -0.2) is 4.98 Å². The van der Waals surface area contributed by atoms with Crippen LogP contribution in [-0.2, 0) is 6.54 Å². The van der Waals surface area contributed by atoms with Crippen molar-refractivity contribution in [3.05, 3.63) is 35.7 Å². The maximum Gasteiger partial charge on any atom is 0.181 e. The second-order valence-electron chi connectivity index (χ2n) is 3.00. The summed E-state index contributed by atoms with van der Waals surface area (Å²) in [5.74, 6) is 1.24. The number of hydrogen-bond acceptors (Lipinski definition) is 4. The van der Waals surface area contributed by atoms with E-state index in [0.717, 1.165) is 5.56 Å². The predicted molar refractivity (Wildman–Crippen MR) is 54.4 cm³/mol. The molecular weight excluding hydrogens is 190 g/mol. The molecule has 74 valence electrons. The molecule has 5 heteroatoms. The Bertz CT molecular complexity index is 491. The maximum absolute atomic E-state index is 8.64. The lowest BCUT2D eigenvalue weighted by Gasteiger charge is -1.93. The highest BCUT2D eigenvalue weighted by atomic mass is 15.2.